The summed E-state index contributed by atoms with van der Waals surface area (Å²) < 4.78 is 0. The molecular formula is C13H12N2O2. The number of nitrogens with zero attached hydrogens (tertiary/aromatic N) is 1. The molecule has 4 nitrogen and oxygen atoms in total. The van der Waals surface area contributed by atoms with E-state index >= 15 is 0 Å². The predicted molar refractivity (Wildman–Crippen MR) is 64.5 cm³/mol. The smallest absolute Gasteiger partial charge is 0.328 e. The minimum atomic E-state index is -0.940. The number of imidazole rings is 1. The molecule has 4 heteroatoms. The second-order valence-electron chi connectivity index (χ2n) is 3.63. The summed E-state index contributed by atoms with van der Waals surface area (Å²) in [6, 6.07) is 7.70. The molecule has 0 saturated carbocycles. The molecule has 1 aromatic heterocycles. The molecule has 0 spiro atoms. The summed E-state index contributed by atoms with van der Waals surface area (Å²) in [5.74, 6) is -0.0245. The van der Waals surface area contributed by atoms with E-state index in [2.05, 4.69) is 9.97 Å². The summed E-state index contributed by atoms with van der Waals surface area (Å²) in [6.07, 6.45) is 6.95. The van der Waals surface area contributed by atoms with Crippen molar-refractivity contribution in [3.63, 3.8) is 0 Å². The molecule has 2 rings (SSSR count). The molecule has 0 fully saturated rings. The zero-order valence-corrected chi connectivity index (χ0v) is 9.13. The van der Waals surface area contributed by atoms with Crippen molar-refractivity contribution in [2.75, 3.05) is 0 Å². The SMILES string of the molecule is O=C(O)/C=C/c1ccc(Cc2ncc[nH]2)cc1. The first-order valence-electron chi connectivity index (χ1n) is 5.22. The Balaban J connectivity index is 2.05. The fourth-order valence-corrected chi connectivity index (χ4v) is 1.50. The maximum absolute atomic E-state index is 10.4. The van der Waals surface area contributed by atoms with E-state index in [9.17, 15) is 4.79 Å². The number of aromatic amines is 1. The predicted octanol–water partition coefficient (Wildman–Crippen LogP) is 2.10. The van der Waals surface area contributed by atoms with Crippen LogP contribution in [0, 0.1) is 0 Å². The van der Waals surface area contributed by atoms with Crippen molar-refractivity contribution in [3.05, 3.63) is 59.7 Å². The van der Waals surface area contributed by atoms with Crippen molar-refractivity contribution in [1.29, 1.82) is 0 Å². The third-order valence-electron chi connectivity index (χ3n) is 2.32. The van der Waals surface area contributed by atoms with Gasteiger partial charge in [-0.15, -0.1) is 0 Å². The normalized spacial score (nSPS) is 10.8. The lowest BCUT2D eigenvalue weighted by Crippen LogP contribution is -1.90. The summed E-state index contributed by atoms with van der Waals surface area (Å²) in [7, 11) is 0. The van der Waals surface area contributed by atoms with Crippen molar-refractivity contribution in [1.82, 2.24) is 9.97 Å². The quantitative estimate of drug-likeness (QED) is 0.787. The minimum absolute atomic E-state index is 0.746. The Bertz CT molecular complexity index is 513. The van der Waals surface area contributed by atoms with E-state index in [1.54, 1.807) is 18.5 Å². The van der Waals surface area contributed by atoms with Gasteiger partial charge in [0.2, 0.25) is 0 Å². The highest BCUT2D eigenvalue weighted by Crippen LogP contribution is 2.09. The highest BCUT2D eigenvalue weighted by atomic mass is 16.4. The van der Waals surface area contributed by atoms with Crippen LogP contribution in [-0.4, -0.2) is 21.0 Å². The first kappa shape index (κ1) is 11.1. The highest BCUT2D eigenvalue weighted by Gasteiger charge is 1.97. The summed E-state index contributed by atoms with van der Waals surface area (Å²) in [5.41, 5.74) is 2.00. The van der Waals surface area contributed by atoms with E-state index in [-0.39, 0.29) is 0 Å². The number of rotatable bonds is 4. The van der Waals surface area contributed by atoms with E-state index in [1.165, 1.54) is 0 Å². The lowest BCUT2D eigenvalue weighted by atomic mass is 10.1. The van der Waals surface area contributed by atoms with Gasteiger partial charge in [0, 0.05) is 24.9 Å². The van der Waals surface area contributed by atoms with Crippen molar-refractivity contribution in [2.45, 2.75) is 6.42 Å². The standard InChI is InChI=1S/C13H12N2O2/c16-13(17)6-5-10-1-3-11(4-2-10)9-12-14-7-8-15-12/h1-8H,9H2,(H,14,15)(H,16,17)/b6-5+. The van der Waals surface area contributed by atoms with Gasteiger partial charge in [0.1, 0.15) is 5.82 Å². The molecule has 0 aliphatic carbocycles. The second kappa shape index (κ2) is 5.12. The topological polar surface area (TPSA) is 66.0 Å². The average Bonchev–Trinajstić information content (AvgIpc) is 2.81. The maximum Gasteiger partial charge on any atom is 0.328 e. The van der Waals surface area contributed by atoms with Crippen LogP contribution < -0.4 is 0 Å². The van der Waals surface area contributed by atoms with Gasteiger partial charge >= 0.3 is 5.97 Å². The number of benzene rings is 1. The second-order valence-corrected chi connectivity index (χ2v) is 3.63. The number of carboxylic acid groups (broad SMARTS) is 1. The number of H-pyrrole nitrogens is 1. The highest BCUT2D eigenvalue weighted by molar-refractivity contribution is 5.85. The fourth-order valence-electron chi connectivity index (χ4n) is 1.50. The number of aliphatic carboxylic acids is 1. The first-order valence-corrected chi connectivity index (χ1v) is 5.22. The monoisotopic (exact) mass is 228 g/mol. The summed E-state index contributed by atoms with van der Waals surface area (Å²) in [6.45, 7) is 0. The average molecular weight is 228 g/mol. The van der Waals surface area contributed by atoms with Gasteiger partial charge in [-0.25, -0.2) is 9.78 Å². The van der Waals surface area contributed by atoms with E-state index < -0.39 is 5.97 Å². The molecule has 1 aromatic carbocycles. The molecule has 2 N–H and O–H groups in total. The van der Waals surface area contributed by atoms with Crippen molar-refractivity contribution in [2.24, 2.45) is 0 Å². The molecule has 0 aliphatic heterocycles. The lowest BCUT2D eigenvalue weighted by Gasteiger charge is -1.99. The van der Waals surface area contributed by atoms with Crippen LogP contribution in [0.1, 0.15) is 17.0 Å². The first-order chi connectivity index (χ1) is 8.24. The number of hydrogen-bond donors (Lipinski definition) is 2. The molecule has 0 amide bonds. The van der Waals surface area contributed by atoms with Crippen LogP contribution in [0.5, 0.6) is 0 Å². The van der Waals surface area contributed by atoms with E-state index in [1.807, 2.05) is 24.3 Å². The van der Waals surface area contributed by atoms with Gasteiger partial charge in [0.05, 0.1) is 0 Å². The number of carboxylic acids is 1. The zero-order valence-electron chi connectivity index (χ0n) is 9.13. The third kappa shape index (κ3) is 3.31. The van der Waals surface area contributed by atoms with Crippen LogP contribution in [0.15, 0.2) is 42.7 Å². The van der Waals surface area contributed by atoms with Crippen LogP contribution >= 0.6 is 0 Å². The summed E-state index contributed by atoms with van der Waals surface area (Å²) in [5, 5.41) is 8.50. The van der Waals surface area contributed by atoms with Crippen LogP contribution in [0.2, 0.25) is 0 Å². The Morgan fingerprint density at radius 1 is 1.35 bits per heavy atom. The molecule has 0 unspecified atom stereocenters. The molecule has 0 aliphatic rings. The van der Waals surface area contributed by atoms with Gasteiger partial charge in [-0.2, -0.15) is 0 Å². The molecule has 1 heterocycles. The van der Waals surface area contributed by atoms with Gasteiger partial charge in [-0.05, 0) is 17.2 Å². The van der Waals surface area contributed by atoms with Crippen molar-refractivity contribution < 1.29 is 9.90 Å². The van der Waals surface area contributed by atoms with Gasteiger partial charge in [-0.1, -0.05) is 24.3 Å². The number of nitrogens with one attached hydrogen (secondary N) is 1. The third-order valence-corrected chi connectivity index (χ3v) is 2.32. The Hall–Kier alpha value is -2.36. The molecule has 0 atom stereocenters. The van der Waals surface area contributed by atoms with Gasteiger partial charge in [0.15, 0.2) is 0 Å². The zero-order chi connectivity index (χ0) is 12.1. The van der Waals surface area contributed by atoms with Gasteiger partial charge < -0.3 is 10.1 Å². The van der Waals surface area contributed by atoms with Crippen molar-refractivity contribution >= 4 is 12.0 Å². The summed E-state index contributed by atoms with van der Waals surface area (Å²) >= 11 is 0. The fraction of sp³-hybridized carbons (Fsp3) is 0.0769. The van der Waals surface area contributed by atoms with Gasteiger partial charge in [0.25, 0.3) is 0 Å². The maximum atomic E-state index is 10.4. The molecule has 0 saturated heterocycles. The molecular weight excluding hydrogens is 216 g/mol. The van der Waals surface area contributed by atoms with Crippen LogP contribution in [0.4, 0.5) is 0 Å². The largest absolute Gasteiger partial charge is 0.478 e. The number of aromatic nitrogens is 2. The van der Waals surface area contributed by atoms with Crippen LogP contribution in [0.25, 0.3) is 6.08 Å². The minimum Gasteiger partial charge on any atom is -0.478 e. The molecule has 0 bridgehead atoms. The Morgan fingerprint density at radius 3 is 2.71 bits per heavy atom. The van der Waals surface area contributed by atoms with Crippen LogP contribution in [-0.2, 0) is 11.2 Å². The lowest BCUT2D eigenvalue weighted by molar-refractivity contribution is -0.131. The van der Waals surface area contributed by atoms with E-state index in [0.29, 0.717) is 0 Å². The van der Waals surface area contributed by atoms with Gasteiger partial charge in [-0.3, -0.25) is 0 Å². The van der Waals surface area contributed by atoms with Crippen LogP contribution in [0.3, 0.4) is 0 Å². The molecule has 2 aromatic rings. The van der Waals surface area contributed by atoms with E-state index in [0.717, 1.165) is 29.4 Å². The Morgan fingerprint density at radius 2 is 2.12 bits per heavy atom. The Labute approximate surface area is 98.6 Å². The molecule has 0 radical (unpaired) electrons. The Kier molecular flexibility index (Phi) is 3.35. The van der Waals surface area contributed by atoms with E-state index in [4.69, 9.17) is 5.11 Å². The number of carbonyl (C=O) groups is 1. The summed E-state index contributed by atoms with van der Waals surface area (Å²) in [4.78, 5) is 17.5. The number of hydrogen-bond acceptors (Lipinski definition) is 2. The molecule has 17 heavy (non-hydrogen) atoms. The molecule has 86 valence electrons. The van der Waals surface area contributed by atoms with Crippen molar-refractivity contribution in [3.8, 4) is 0 Å².